The highest BCUT2D eigenvalue weighted by molar-refractivity contribution is 7.99. The van der Waals surface area contributed by atoms with Gasteiger partial charge in [-0.2, -0.15) is 5.10 Å². The van der Waals surface area contributed by atoms with E-state index < -0.39 is 0 Å². The molecule has 3 heterocycles. The van der Waals surface area contributed by atoms with E-state index in [1.807, 2.05) is 54.9 Å². The van der Waals surface area contributed by atoms with Crippen molar-refractivity contribution in [2.45, 2.75) is 24.5 Å². The molecule has 0 bridgehead atoms. The summed E-state index contributed by atoms with van der Waals surface area (Å²) in [5.41, 5.74) is 1.79. The second-order valence-electron chi connectivity index (χ2n) is 6.63. The number of ether oxygens (including phenoxy) is 1. The van der Waals surface area contributed by atoms with E-state index in [9.17, 15) is 4.79 Å². The van der Waals surface area contributed by atoms with Gasteiger partial charge in [-0.1, -0.05) is 11.8 Å². The van der Waals surface area contributed by atoms with Gasteiger partial charge in [-0.05, 0) is 48.9 Å². The number of nitrogens with zero attached hydrogens (tertiary/aromatic N) is 5. The highest BCUT2D eigenvalue weighted by atomic mass is 32.2. The molecule has 0 spiro atoms. The zero-order valence-corrected chi connectivity index (χ0v) is 17.2. The Kier molecular flexibility index (Phi) is 5.39. The lowest BCUT2D eigenvalue weighted by Crippen LogP contribution is -2.28. The molecule has 1 atom stereocenters. The van der Waals surface area contributed by atoms with Crippen molar-refractivity contribution in [3.05, 3.63) is 59.8 Å². The molecule has 0 N–H and O–H groups in total. The summed E-state index contributed by atoms with van der Waals surface area (Å²) in [4.78, 5) is 13.0. The van der Waals surface area contributed by atoms with Gasteiger partial charge >= 0.3 is 0 Å². The lowest BCUT2D eigenvalue weighted by atomic mass is 10.0. The van der Waals surface area contributed by atoms with Crippen LogP contribution in [-0.4, -0.2) is 44.3 Å². The molecule has 3 aromatic rings. The van der Waals surface area contributed by atoms with Gasteiger partial charge in [0.1, 0.15) is 23.4 Å². The minimum atomic E-state index is -0.267. The monoisotopic (exact) mass is 411 g/mol. The third-order valence-electron chi connectivity index (χ3n) is 4.84. The van der Waals surface area contributed by atoms with Crippen LogP contribution >= 0.6 is 11.8 Å². The fourth-order valence-electron chi connectivity index (χ4n) is 3.11. The van der Waals surface area contributed by atoms with Crippen LogP contribution < -0.4 is 4.74 Å². The van der Waals surface area contributed by atoms with Crippen LogP contribution in [0.1, 0.15) is 29.6 Å². The lowest BCUT2D eigenvalue weighted by Gasteiger charge is -2.19. The molecule has 0 radical (unpaired) electrons. The second kappa shape index (κ2) is 8.12. The molecule has 1 aliphatic heterocycles. The van der Waals surface area contributed by atoms with Gasteiger partial charge in [0.25, 0.3) is 5.91 Å². The summed E-state index contributed by atoms with van der Waals surface area (Å²) in [7, 11) is 3.51. The van der Waals surface area contributed by atoms with Gasteiger partial charge in [0.2, 0.25) is 0 Å². The predicted molar refractivity (Wildman–Crippen MR) is 109 cm³/mol. The zero-order chi connectivity index (χ0) is 20.4. The Bertz CT molecular complexity index is 1030. The number of methoxy groups -OCH3 is 1. The molecular weight excluding hydrogens is 390 g/mol. The summed E-state index contributed by atoms with van der Waals surface area (Å²) in [6.45, 7) is 1.87. The first-order valence-corrected chi connectivity index (χ1v) is 10.1. The molecule has 1 amide bonds. The van der Waals surface area contributed by atoms with Crippen molar-refractivity contribution in [1.82, 2.24) is 19.8 Å². The summed E-state index contributed by atoms with van der Waals surface area (Å²) in [5, 5.41) is 15.0. The molecule has 1 aliphatic rings. The number of amides is 1. The lowest BCUT2D eigenvalue weighted by molar-refractivity contribution is -0.130. The van der Waals surface area contributed by atoms with Crippen LogP contribution in [0.15, 0.2) is 57.3 Å². The van der Waals surface area contributed by atoms with Crippen molar-refractivity contribution < 1.29 is 13.9 Å². The number of benzene rings is 1. The van der Waals surface area contributed by atoms with Crippen molar-refractivity contribution in [3.8, 4) is 5.75 Å². The average molecular weight is 411 g/mol. The van der Waals surface area contributed by atoms with E-state index in [1.165, 1.54) is 16.8 Å². The number of rotatable bonds is 6. The van der Waals surface area contributed by atoms with Crippen LogP contribution in [0.5, 0.6) is 5.75 Å². The number of thioether (sulfide) groups is 1. The first-order chi connectivity index (χ1) is 14.1. The first-order valence-electron chi connectivity index (χ1n) is 9.13. The third-order valence-corrected chi connectivity index (χ3v) is 5.84. The molecule has 29 heavy (non-hydrogen) atoms. The molecule has 1 aromatic carbocycles. The fraction of sp³-hybridized carbons (Fsp3) is 0.300. The molecule has 0 saturated carbocycles. The van der Waals surface area contributed by atoms with Gasteiger partial charge in [-0.25, -0.2) is 5.01 Å². The maximum absolute atomic E-state index is 13.0. The van der Waals surface area contributed by atoms with E-state index in [4.69, 9.17) is 9.15 Å². The Balaban J connectivity index is 1.55. The minimum Gasteiger partial charge on any atom is -0.497 e. The van der Waals surface area contributed by atoms with Crippen LogP contribution in [0.3, 0.4) is 0 Å². The topological polar surface area (TPSA) is 85.8 Å². The van der Waals surface area contributed by atoms with Crippen molar-refractivity contribution in [2.75, 3.05) is 12.9 Å². The van der Waals surface area contributed by atoms with E-state index in [0.717, 1.165) is 22.8 Å². The van der Waals surface area contributed by atoms with Gasteiger partial charge < -0.3 is 13.7 Å². The van der Waals surface area contributed by atoms with Crippen molar-refractivity contribution >= 4 is 23.4 Å². The maximum Gasteiger partial charge on any atom is 0.253 e. The Hall–Kier alpha value is -3.07. The van der Waals surface area contributed by atoms with Crippen LogP contribution in [0.4, 0.5) is 0 Å². The third kappa shape index (κ3) is 3.91. The molecule has 0 fully saturated rings. The molecular formula is C20H21N5O3S. The number of furan rings is 1. The van der Waals surface area contributed by atoms with Crippen molar-refractivity contribution in [1.29, 1.82) is 0 Å². The van der Waals surface area contributed by atoms with Gasteiger partial charge in [-0.15, -0.1) is 10.2 Å². The largest absolute Gasteiger partial charge is 0.497 e. The Morgan fingerprint density at radius 3 is 2.69 bits per heavy atom. The highest BCUT2D eigenvalue weighted by Gasteiger charge is 2.34. The number of hydrogen-bond acceptors (Lipinski definition) is 7. The van der Waals surface area contributed by atoms with E-state index in [0.29, 0.717) is 17.3 Å². The molecule has 150 valence electrons. The molecule has 0 aliphatic carbocycles. The van der Waals surface area contributed by atoms with Crippen molar-refractivity contribution in [2.24, 2.45) is 12.1 Å². The van der Waals surface area contributed by atoms with E-state index in [2.05, 4.69) is 15.3 Å². The standard InChI is InChI=1S/C20H21N5O3S/c1-13-21-22-20(24(13)2)29-12-19(26)25-17(18-5-4-10-28-18)11-16(23-25)14-6-8-15(27-3)9-7-14/h4-10,17H,11-12H2,1-3H3/t17-/m1/s1. The normalized spacial score (nSPS) is 16.2. The van der Waals surface area contributed by atoms with Gasteiger partial charge in [0, 0.05) is 13.5 Å². The molecule has 0 unspecified atom stereocenters. The van der Waals surface area contributed by atoms with Crippen LogP contribution in [-0.2, 0) is 11.8 Å². The van der Waals surface area contributed by atoms with Crippen LogP contribution in [0.25, 0.3) is 0 Å². The van der Waals surface area contributed by atoms with Gasteiger partial charge in [0.05, 0.1) is 24.8 Å². The van der Waals surface area contributed by atoms with E-state index >= 15 is 0 Å². The number of carbonyl (C=O) groups excluding carboxylic acids is 1. The van der Waals surface area contributed by atoms with Gasteiger partial charge in [0.15, 0.2) is 5.16 Å². The fourth-order valence-corrected chi connectivity index (χ4v) is 3.92. The number of hydrazone groups is 1. The number of aromatic nitrogens is 3. The minimum absolute atomic E-state index is 0.111. The second-order valence-corrected chi connectivity index (χ2v) is 7.57. The van der Waals surface area contributed by atoms with E-state index in [-0.39, 0.29) is 17.7 Å². The van der Waals surface area contributed by atoms with Crippen molar-refractivity contribution in [3.63, 3.8) is 0 Å². The first kappa shape index (κ1) is 19.3. The summed E-state index contributed by atoms with van der Waals surface area (Å²) >= 11 is 1.35. The maximum atomic E-state index is 13.0. The SMILES string of the molecule is COc1ccc(C2=NN(C(=O)CSc3nnc(C)n3C)[C@@H](c3ccco3)C2)cc1. The Labute approximate surface area is 172 Å². The smallest absolute Gasteiger partial charge is 0.253 e. The predicted octanol–water partition coefficient (Wildman–Crippen LogP) is 3.20. The highest BCUT2D eigenvalue weighted by Crippen LogP contribution is 2.34. The van der Waals surface area contributed by atoms with E-state index in [1.54, 1.807) is 13.4 Å². The molecule has 8 nitrogen and oxygen atoms in total. The molecule has 0 saturated heterocycles. The van der Waals surface area contributed by atoms with Gasteiger partial charge in [-0.3, -0.25) is 4.79 Å². The summed E-state index contributed by atoms with van der Waals surface area (Å²) in [6, 6.07) is 11.1. The summed E-state index contributed by atoms with van der Waals surface area (Å²) < 4.78 is 12.7. The van der Waals surface area contributed by atoms with Crippen LogP contribution in [0, 0.1) is 6.92 Å². The van der Waals surface area contributed by atoms with Crippen LogP contribution in [0.2, 0.25) is 0 Å². The molecule has 4 rings (SSSR count). The zero-order valence-electron chi connectivity index (χ0n) is 16.4. The Morgan fingerprint density at radius 2 is 2.07 bits per heavy atom. The summed E-state index contributed by atoms with van der Waals surface area (Å²) in [6.07, 6.45) is 2.19. The number of carbonyl (C=O) groups is 1. The average Bonchev–Trinajstić information content (AvgIpc) is 3.48. The number of aryl methyl sites for hydroxylation is 1. The molecule has 9 heteroatoms. The number of hydrogen-bond donors (Lipinski definition) is 0. The summed E-state index contributed by atoms with van der Waals surface area (Å²) in [5.74, 6) is 2.39. The Morgan fingerprint density at radius 1 is 1.28 bits per heavy atom. The molecule has 2 aromatic heterocycles. The quantitative estimate of drug-likeness (QED) is 0.579.